The summed E-state index contributed by atoms with van der Waals surface area (Å²) in [6, 6.07) is 6.70. The molecular weight excluding hydrogens is 286 g/mol. The number of hydrogen-bond acceptors (Lipinski definition) is 4. The summed E-state index contributed by atoms with van der Waals surface area (Å²) in [5, 5.41) is 8.97. The molecule has 5 nitrogen and oxygen atoms in total. The lowest BCUT2D eigenvalue weighted by molar-refractivity contribution is 0.304. The smallest absolute Gasteiger partial charge is 0.243 e. The number of aryl methyl sites for hydroxylation is 1. The van der Waals surface area contributed by atoms with Gasteiger partial charge < -0.3 is 5.73 Å². The first-order valence-electron chi connectivity index (χ1n) is 7.10. The summed E-state index contributed by atoms with van der Waals surface area (Å²) in [5.41, 5.74) is 6.77. The van der Waals surface area contributed by atoms with E-state index in [9.17, 15) is 8.42 Å². The van der Waals surface area contributed by atoms with Crippen LogP contribution >= 0.6 is 0 Å². The number of benzene rings is 1. The zero-order valence-corrected chi connectivity index (χ0v) is 13.2. The van der Waals surface area contributed by atoms with Gasteiger partial charge in [0.1, 0.15) is 0 Å². The lowest BCUT2D eigenvalue weighted by Gasteiger charge is -2.29. The Morgan fingerprint density at radius 2 is 2.14 bits per heavy atom. The molecule has 6 heteroatoms. The van der Waals surface area contributed by atoms with E-state index in [0.717, 1.165) is 19.3 Å². The average molecular weight is 307 g/mol. The van der Waals surface area contributed by atoms with E-state index in [2.05, 4.69) is 0 Å². The van der Waals surface area contributed by atoms with Crippen LogP contribution in [0.5, 0.6) is 0 Å². The topological polar surface area (TPSA) is 87.2 Å². The standard InChI is InChI=1S/C15H21N3O2S/c1-11-6-7-12(9-16)8-15(11)21(19,20)18(2)14-5-3-4-13(14)10-17/h6-8,13-14H,3-5,10,17H2,1-2H3. The second-order valence-corrected chi connectivity index (χ2v) is 7.57. The molecule has 0 aromatic heterocycles. The number of sulfonamides is 1. The van der Waals surface area contributed by atoms with Crippen molar-refractivity contribution in [3.05, 3.63) is 29.3 Å². The van der Waals surface area contributed by atoms with E-state index in [0.29, 0.717) is 17.7 Å². The monoisotopic (exact) mass is 307 g/mol. The quantitative estimate of drug-likeness (QED) is 0.915. The zero-order chi connectivity index (χ0) is 15.6. The number of nitrogens with zero attached hydrogens (tertiary/aromatic N) is 2. The molecule has 1 aromatic rings. The minimum atomic E-state index is -3.60. The molecule has 2 N–H and O–H groups in total. The number of rotatable bonds is 4. The van der Waals surface area contributed by atoms with Crippen LogP contribution in [0.2, 0.25) is 0 Å². The van der Waals surface area contributed by atoms with E-state index in [1.165, 1.54) is 10.4 Å². The van der Waals surface area contributed by atoms with Crippen molar-refractivity contribution in [3.63, 3.8) is 0 Å². The highest BCUT2D eigenvalue weighted by atomic mass is 32.2. The van der Waals surface area contributed by atoms with Gasteiger partial charge in [-0.3, -0.25) is 0 Å². The van der Waals surface area contributed by atoms with Crippen molar-refractivity contribution in [2.75, 3.05) is 13.6 Å². The Labute approximate surface area is 126 Å². The van der Waals surface area contributed by atoms with Gasteiger partial charge in [0.25, 0.3) is 0 Å². The van der Waals surface area contributed by atoms with Crippen molar-refractivity contribution in [1.82, 2.24) is 4.31 Å². The molecule has 2 atom stereocenters. The zero-order valence-electron chi connectivity index (χ0n) is 12.4. The average Bonchev–Trinajstić information content (AvgIpc) is 2.95. The third-order valence-corrected chi connectivity index (χ3v) is 6.39. The van der Waals surface area contributed by atoms with Gasteiger partial charge >= 0.3 is 0 Å². The van der Waals surface area contributed by atoms with Gasteiger partial charge in [0, 0.05) is 13.1 Å². The Kier molecular flexibility index (Phi) is 4.67. The van der Waals surface area contributed by atoms with Crippen LogP contribution in [0.15, 0.2) is 23.1 Å². The lowest BCUT2D eigenvalue weighted by atomic mass is 10.0. The van der Waals surface area contributed by atoms with Crippen LogP contribution in [-0.4, -0.2) is 32.4 Å². The summed E-state index contributed by atoms with van der Waals surface area (Å²) < 4.78 is 27.1. The maximum Gasteiger partial charge on any atom is 0.243 e. The Morgan fingerprint density at radius 3 is 2.76 bits per heavy atom. The second kappa shape index (κ2) is 6.14. The van der Waals surface area contributed by atoms with E-state index in [-0.39, 0.29) is 16.9 Å². The van der Waals surface area contributed by atoms with E-state index in [1.54, 1.807) is 26.1 Å². The van der Waals surface area contributed by atoms with Crippen LogP contribution in [0.3, 0.4) is 0 Å². The SMILES string of the molecule is Cc1ccc(C#N)cc1S(=O)(=O)N(C)C1CCCC1CN. The Bertz CT molecular complexity index is 664. The highest BCUT2D eigenvalue weighted by Gasteiger charge is 2.36. The highest BCUT2D eigenvalue weighted by molar-refractivity contribution is 7.89. The van der Waals surface area contributed by atoms with E-state index < -0.39 is 10.0 Å². The molecule has 0 bridgehead atoms. The third-order valence-electron chi connectivity index (χ3n) is 4.36. The van der Waals surface area contributed by atoms with Gasteiger partial charge in [-0.05, 0) is 49.9 Å². The van der Waals surface area contributed by atoms with Crippen molar-refractivity contribution in [2.45, 2.75) is 37.1 Å². The molecule has 1 aromatic carbocycles. The predicted octanol–water partition coefficient (Wildman–Crippen LogP) is 1.61. The molecular formula is C15H21N3O2S. The van der Waals surface area contributed by atoms with Crippen LogP contribution in [0, 0.1) is 24.2 Å². The summed E-state index contributed by atoms with van der Waals surface area (Å²) in [4.78, 5) is 0.215. The molecule has 0 spiro atoms. The molecule has 21 heavy (non-hydrogen) atoms. The molecule has 1 saturated carbocycles. The third kappa shape index (κ3) is 2.95. The second-order valence-electron chi connectivity index (χ2n) is 5.61. The van der Waals surface area contributed by atoms with Gasteiger partial charge in [-0.25, -0.2) is 8.42 Å². The van der Waals surface area contributed by atoms with Crippen molar-refractivity contribution in [3.8, 4) is 6.07 Å². The van der Waals surface area contributed by atoms with E-state index >= 15 is 0 Å². The molecule has 0 saturated heterocycles. The Balaban J connectivity index is 2.40. The van der Waals surface area contributed by atoms with Crippen molar-refractivity contribution in [2.24, 2.45) is 11.7 Å². The van der Waals surface area contributed by atoms with Crippen molar-refractivity contribution < 1.29 is 8.42 Å². The molecule has 2 rings (SSSR count). The van der Waals surface area contributed by atoms with Crippen LogP contribution < -0.4 is 5.73 Å². The summed E-state index contributed by atoms with van der Waals surface area (Å²) in [7, 11) is -1.98. The van der Waals surface area contributed by atoms with Gasteiger partial charge in [0.05, 0.1) is 16.5 Å². The minimum absolute atomic E-state index is 0.0508. The fourth-order valence-corrected chi connectivity index (χ4v) is 4.75. The van der Waals surface area contributed by atoms with Crippen molar-refractivity contribution in [1.29, 1.82) is 5.26 Å². The fraction of sp³-hybridized carbons (Fsp3) is 0.533. The molecule has 1 aliphatic carbocycles. The first-order chi connectivity index (χ1) is 9.91. The van der Waals surface area contributed by atoms with Crippen LogP contribution in [0.25, 0.3) is 0 Å². The summed E-state index contributed by atoms with van der Waals surface area (Å²) in [5.74, 6) is 0.212. The van der Waals surface area contributed by atoms with E-state index in [1.807, 2.05) is 6.07 Å². The normalized spacial score (nSPS) is 22.4. The summed E-state index contributed by atoms with van der Waals surface area (Å²) in [6.07, 6.45) is 2.82. The molecule has 0 heterocycles. The molecule has 1 fully saturated rings. The largest absolute Gasteiger partial charge is 0.330 e. The van der Waals surface area contributed by atoms with Gasteiger partial charge in [-0.1, -0.05) is 12.5 Å². The molecule has 1 aliphatic rings. The maximum absolute atomic E-state index is 12.8. The number of nitrogens with two attached hydrogens (primary N) is 1. The van der Waals surface area contributed by atoms with Crippen molar-refractivity contribution >= 4 is 10.0 Å². The first kappa shape index (κ1) is 16.0. The molecule has 114 valence electrons. The summed E-state index contributed by atoms with van der Waals surface area (Å²) >= 11 is 0. The van der Waals surface area contributed by atoms with Crippen LogP contribution in [-0.2, 0) is 10.0 Å². The molecule has 0 amide bonds. The minimum Gasteiger partial charge on any atom is -0.330 e. The van der Waals surface area contributed by atoms with E-state index in [4.69, 9.17) is 11.0 Å². The Morgan fingerprint density at radius 1 is 1.43 bits per heavy atom. The highest BCUT2D eigenvalue weighted by Crippen LogP contribution is 2.32. The fourth-order valence-electron chi connectivity index (χ4n) is 3.05. The van der Waals surface area contributed by atoms with Crippen LogP contribution in [0.1, 0.15) is 30.4 Å². The summed E-state index contributed by atoms with van der Waals surface area (Å²) in [6.45, 7) is 2.25. The van der Waals surface area contributed by atoms with Crippen LogP contribution in [0.4, 0.5) is 0 Å². The lowest BCUT2D eigenvalue weighted by Crippen LogP contribution is -2.41. The first-order valence-corrected chi connectivity index (χ1v) is 8.54. The Hall–Kier alpha value is -1.42. The molecule has 0 radical (unpaired) electrons. The molecule has 2 unspecified atom stereocenters. The number of nitriles is 1. The predicted molar refractivity (Wildman–Crippen MR) is 81.0 cm³/mol. The van der Waals surface area contributed by atoms with Gasteiger partial charge in [-0.15, -0.1) is 0 Å². The maximum atomic E-state index is 12.8. The number of hydrogen-bond donors (Lipinski definition) is 1. The van der Waals surface area contributed by atoms with Gasteiger partial charge in [-0.2, -0.15) is 9.57 Å². The van der Waals surface area contributed by atoms with Gasteiger partial charge in [0.2, 0.25) is 10.0 Å². The molecule has 0 aliphatic heterocycles. The van der Waals surface area contributed by atoms with Gasteiger partial charge in [0.15, 0.2) is 0 Å².